The quantitative estimate of drug-likeness (QED) is 0.600. The Balaban J connectivity index is 1.73. The molecule has 0 fully saturated rings. The third-order valence-electron chi connectivity index (χ3n) is 3.89. The van der Waals surface area contributed by atoms with Gasteiger partial charge in [0, 0.05) is 18.7 Å². The first-order chi connectivity index (χ1) is 13.3. The van der Waals surface area contributed by atoms with Crippen molar-refractivity contribution in [2.45, 2.75) is 18.7 Å². The molecule has 0 aliphatic carbocycles. The zero-order valence-corrected chi connectivity index (χ0v) is 17.4. The number of carbonyl (C=O) groups is 1. The highest BCUT2D eigenvalue weighted by Crippen LogP contribution is 2.30. The predicted octanol–water partition coefficient (Wildman–Crippen LogP) is 3.73. The van der Waals surface area contributed by atoms with Crippen LogP contribution in [0.25, 0.3) is 10.8 Å². The van der Waals surface area contributed by atoms with Gasteiger partial charge in [-0.1, -0.05) is 30.5 Å². The summed E-state index contributed by atoms with van der Waals surface area (Å²) in [5.41, 5.74) is 0.261. The standard InChI is InChI=1S/C17H17ClN4O4S2/c1-3-22(4-2)28(24,25)12-7-5-11(6-8-12)15(23)19-17-21-20-16(26-17)13-9-10-14(18)27-13/h5-10H,3-4H2,1-2H3,(H,19,21,23). The summed E-state index contributed by atoms with van der Waals surface area (Å²) < 4.78 is 32.3. The van der Waals surface area contributed by atoms with Crippen LogP contribution in [-0.4, -0.2) is 41.9 Å². The first-order valence-corrected chi connectivity index (χ1v) is 11.0. The highest BCUT2D eigenvalue weighted by molar-refractivity contribution is 7.89. The average Bonchev–Trinajstić information content (AvgIpc) is 3.31. The van der Waals surface area contributed by atoms with Crippen LogP contribution in [0, 0.1) is 0 Å². The van der Waals surface area contributed by atoms with E-state index < -0.39 is 15.9 Å². The van der Waals surface area contributed by atoms with Crippen molar-refractivity contribution >= 4 is 44.9 Å². The molecule has 0 spiro atoms. The Bertz CT molecular complexity index is 1070. The number of amides is 1. The highest BCUT2D eigenvalue weighted by atomic mass is 35.5. The molecule has 0 atom stereocenters. The van der Waals surface area contributed by atoms with E-state index in [9.17, 15) is 13.2 Å². The molecule has 0 radical (unpaired) electrons. The summed E-state index contributed by atoms with van der Waals surface area (Å²) in [5, 5.41) is 10.1. The molecule has 2 heterocycles. The Morgan fingerprint density at radius 3 is 2.39 bits per heavy atom. The molecular weight excluding hydrogens is 424 g/mol. The van der Waals surface area contributed by atoms with Crippen molar-refractivity contribution < 1.29 is 17.6 Å². The zero-order valence-electron chi connectivity index (χ0n) is 15.0. The number of aromatic nitrogens is 2. The number of benzene rings is 1. The lowest BCUT2D eigenvalue weighted by Gasteiger charge is -2.18. The smallest absolute Gasteiger partial charge is 0.322 e. The third kappa shape index (κ3) is 4.25. The lowest BCUT2D eigenvalue weighted by Crippen LogP contribution is -2.30. The Morgan fingerprint density at radius 2 is 1.82 bits per heavy atom. The second-order valence-electron chi connectivity index (χ2n) is 5.58. The largest absolute Gasteiger partial charge is 0.402 e. The van der Waals surface area contributed by atoms with Crippen molar-refractivity contribution in [1.29, 1.82) is 0 Å². The first-order valence-electron chi connectivity index (χ1n) is 8.36. The van der Waals surface area contributed by atoms with Crippen LogP contribution in [0.2, 0.25) is 4.34 Å². The van der Waals surface area contributed by atoms with Gasteiger partial charge in [0.2, 0.25) is 10.0 Å². The number of rotatable bonds is 7. The molecule has 1 aromatic carbocycles. The van der Waals surface area contributed by atoms with Crippen molar-refractivity contribution in [3.05, 3.63) is 46.3 Å². The lowest BCUT2D eigenvalue weighted by atomic mass is 10.2. The molecule has 8 nitrogen and oxygen atoms in total. The van der Waals surface area contributed by atoms with E-state index in [4.69, 9.17) is 16.0 Å². The zero-order chi connectivity index (χ0) is 20.3. The van der Waals surface area contributed by atoms with E-state index in [1.165, 1.54) is 39.9 Å². The van der Waals surface area contributed by atoms with E-state index in [1.807, 2.05) is 0 Å². The van der Waals surface area contributed by atoms with Crippen LogP contribution < -0.4 is 5.32 Å². The second kappa shape index (κ2) is 8.39. The van der Waals surface area contributed by atoms with Crippen molar-refractivity contribution in [2.24, 2.45) is 0 Å². The third-order valence-corrected chi connectivity index (χ3v) is 7.17. The Hall–Kier alpha value is -2.27. The number of sulfonamides is 1. The molecule has 1 amide bonds. The molecule has 11 heteroatoms. The summed E-state index contributed by atoms with van der Waals surface area (Å²) in [4.78, 5) is 13.2. The van der Waals surface area contributed by atoms with Crippen molar-refractivity contribution in [3.63, 3.8) is 0 Å². The van der Waals surface area contributed by atoms with Crippen molar-refractivity contribution in [2.75, 3.05) is 18.4 Å². The van der Waals surface area contributed by atoms with Gasteiger partial charge < -0.3 is 4.42 Å². The molecule has 3 aromatic rings. The fourth-order valence-corrected chi connectivity index (χ4v) is 4.89. The molecule has 0 unspecified atom stereocenters. The second-order valence-corrected chi connectivity index (χ2v) is 9.24. The van der Waals surface area contributed by atoms with E-state index in [1.54, 1.807) is 26.0 Å². The van der Waals surface area contributed by atoms with E-state index in [0.29, 0.717) is 22.3 Å². The Kier molecular flexibility index (Phi) is 6.14. The summed E-state index contributed by atoms with van der Waals surface area (Å²) in [5.74, 6) is -0.251. The van der Waals surface area contributed by atoms with Crippen LogP contribution in [-0.2, 0) is 10.0 Å². The highest BCUT2D eigenvalue weighted by Gasteiger charge is 2.22. The maximum atomic E-state index is 12.5. The summed E-state index contributed by atoms with van der Waals surface area (Å²) in [6, 6.07) is 9.04. The first kappa shape index (κ1) is 20.5. The van der Waals surface area contributed by atoms with Crippen LogP contribution in [0.1, 0.15) is 24.2 Å². The van der Waals surface area contributed by atoms with Crippen LogP contribution in [0.4, 0.5) is 6.01 Å². The summed E-state index contributed by atoms with van der Waals surface area (Å²) in [6.45, 7) is 4.28. The number of anilines is 1. The van der Waals surface area contributed by atoms with Gasteiger partial charge in [-0.15, -0.1) is 16.4 Å². The van der Waals surface area contributed by atoms with E-state index in [0.717, 1.165) is 0 Å². The lowest BCUT2D eigenvalue weighted by molar-refractivity contribution is 0.102. The monoisotopic (exact) mass is 440 g/mol. The minimum Gasteiger partial charge on any atom is -0.402 e. The van der Waals surface area contributed by atoms with Gasteiger partial charge >= 0.3 is 6.01 Å². The summed E-state index contributed by atoms with van der Waals surface area (Å²) >= 11 is 7.15. The van der Waals surface area contributed by atoms with Crippen LogP contribution in [0.3, 0.4) is 0 Å². The molecule has 2 aromatic heterocycles. The number of halogens is 1. The number of hydrogen-bond acceptors (Lipinski definition) is 7. The average molecular weight is 441 g/mol. The molecule has 1 N–H and O–H groups in total. The van der Waals surface area contributed by atoms with Crippen LogP contribution in [0.5, 0.6) is 0 Å². The van der Waals surface area contributed by atoms with E-state index >= 15 is 0 Å². The fraction of sp³-hybridized carbons (Fsp3) is 0.235. The number of carbonyl (C=O) groups excluding carboxylic acids is 1. The molecule has 3 rings (SSSR count). The molecule has 0 aliphatic rings. The van der Waals surface area contributed by atoms with Gasteiger partial charge in [0.1, 0.15) is 0 Å². The SMILES string of the molecule is CCN(CC)S(=O)(=O)c1ccc(C(=O)Nc2nnc(-c3ccc(Cl)s3)o2)cc1. The van der Waals surface area contributed by atoms with Crippen LogP contribution >= 0.6 is 22.9 Å². The number of hydrogen-bond donors (Lipinski definition) is 1. The van der Waals surface area contributed by atoms with E-state index in [-0.39, 0.29) is 22.4 Å². The van der Waals surface area contributed by atoms with Crippen molar-refractivity contribution in [1.82, 2.24) is 14.5 Å². The van der Waals surface area contributed by atoms with E-state index in [2.05, 4.69) is 15.5 Å². The number of thiophene rings is 1. The van der Waals surface area contributed by atoms with Crippen LogP contribution in [0.15, 0.2) is 45.7 Å². The van der Waals surface area contributed by atoms with Gasteiger partial charge in [-0.3, -0.25) is 10.1 Å². The summed E-state index contributed by atoms with van der Waals surface area (Å²) in [7, 11) is -3.58. The summed E-state index contributed by atoms with van der Waals surface area (Å²) in [6.07, 6.45) is 0. The molecule has 0 saturated heterocycles. The predicted molar refractivity (Wildman–Crippen MR) is 107 cm³/mol. The Labute approximate surface area is 171 Å². The maximum Gasteiger partial charge on any atom is 0.322 e. The molecule has 0 saturated carbocycles. The minimum absolute atomic E-state index is 0.0654. The van der Waals surface area contributed by atoms with Crippen molar-refractivity contribution in [3.8, 4) is 10.8 Å². The normalized spacial score (nSPS) is 11.7. The number of nitrogens with zero attached hydrogens (tertiary/aromatic N) is 3. The Morgan fingerprint density at radius 1 is 1.14 bits per heavy atom. The van der Waals surface area contributed by atoms with Gasteiger partial charge in [0.25, 0.3) is 11.8 Å². The van der Waals surface area contributed by atoms with Gasteiger partial charge in [0.05, 0.1) is 14.1 Å². The van der Waals surface area contributed by atoms with Gasteiger partial charge in [-0.05, 0) is 36.4 Å². The molecule has 0 aliphatic heterocycles. The van der Waals surface area contributed by atoms with Gasteiger partial charge in [-0.25, -0.2) is 8.42 Å². The molecule has 148 valence electrons. The fourth-order valence-electron chi connectivity index (χ4n) is 2.46. The maximum absolute atomic E-state index is 12.5. The topological polar surface area (TPSA) is 105 Å². The molecular formula is C17H17ClN4O4S2. The number of nitrogens with one attached hydrogen (secondary N) is 1. The van der Waals surface area contributed by atoms with Gasteiger partial charge in [0.15, 0.2) is 0 Å². The van der Waals surface area contributed by atoms with Gasteiger partial charge in [-0.2, -0.15) is 4.31 Å². The minimum atomic E-state index is -3.58. The molecule has 28 heavy (non-hydrogen) atoms. The molecule has 0 bridgehead atoms.